The molecule has 7 nitrogen and oxygen atoms in total. The first-order valence-electron chi connectivity index (χ1n) is 11.8. The number of methoxy groups -OCH3 is 2. The Bertz CT molecular complexity index is 1020. The van der Waals surface area contributed by atoms with Gasteiger partial charge in [0.2, 0.25) is 5.91 Å². The molecule has 1 saturated heterocycles. The number of nitrogens with one attached hydrogen (secondary N) is 1. The lowest BCUT2D eigenvalue weighted by molar-refractivity contribution is -0.123. The number of halogens is 1. The quantitative estimate of drug-likeness (QED) is 0.668. The predicted molar refractivity (Wildman–Crippen MR) is 128 cm³/mol. The molecular weight excluding hydrogens is 437 g/mol. The minimum Gasteiger partial charge on any atom is -0.493 e. The molecule has 1 aliphatic carbocycles. The van der Waals surface area contributed by atoms with Crippen LogP contribution in [0.1, 0.15) is 36.0 Å². The number of hydrogen-bond donors (Lipinski definition) is 1. The molecule has 1 N–H and O–H groups in total. The van der Waals surface area contributed by atoms with E-state index in [-0.39, 0.29) is 23.8 Å². The molecule has 0 aromatic heterocycles. The van der Waals surface area contributed by atoms with E-state index in [0.29, 0.717) is 48.9 Å². The van der Waals surface area contributed by atoms with E-state index in [4.69, 9.17) is 9.47 Å². The molecule has 1 heterocycles. The van der Waals surface area contributed by atoms with E-state index in [0.717, 1.165) is 25.7 Å². The summed E-state index contributed by atoms with van der Waals surface area (Å²) >= 11 is 0. The molecular formula is C26H32FN3O4. The lowest BCUT2D eigenvalue weighted by atomic mass is 9.94. The highest BCUT2D eigenvalue weighted by Gasteiger charge is 2.37. The molecule has 2 aliphatic rings. The number of rotatable bonds is 7. The van der Waals surface area contributed by atoms with E-state index >= 15 is 0 Å². The highest BCUT2D eigenvalue weighted by Crippen LogP contribution is 2.33. The van der Waals surface area contributed by atoms with Crippen molar-refractivity contribution in [2.24, 2.45) is 5.92 Å². The van der Waals surface area contributed by atoms with Crippen LogP contribution in [-0.4, -0.2) is 68.1 Å². The lowest BCUT2D eigenvalue weighted by Crippen LogP contribution is -2.56. The van der Waals surface area contributed by atoms with Gasteiger partial charge in [0.1, 0.15) is 5.82 Å². The Kier molecular flexibility index (Phi) is 7.67. The highest BCUT2D eigenvalue weighted by molar-refractivity contribution is 5.96. The van der Waals surface area contributed by atoms with Gasteiger partial charge >= 0.3 is 0 Å². The highest BCUT2D eigenvalue weighted by atomic mass is 19.1. The van der Waals surface area contributed by atoms with E-state index in [1.807, 2.05) is 0 Å². The van der Waals surface area contributed by atoms with Crippen LogP contribution in [0.25, 0.3) is 0 Å². The van der Waals surface area contributed by atoms with Crippen LogP contribution >= 0.6 is 0 Å². The van der Waals surface area contributed by atoms with E-state index in [1.54, 1.807) is 49.5 Å². The van der Waals surface area contributed by atoms with Crippen molar-refractivity contribution in [1.29, 1.82) is 0 Å². The molecule has 8 heteroatoms. The first-order chi connectivity index (χ1) is 16.5. The number of piperazine rings is 1. The monoisotopic (exact) mass is 469 g/mol. The molecule has 0 bridgehead atoms. The second-order valence-corrected chi connectivity index (χ2v) is 8.89. The Morgan fingerprint density at radius 1 is 0.971 bits per heavy atom. The van der Waals surface area contributed by atoms with Gasteiger partial charge in [0, 0.05) is 43.5 Å². The number of carbonyl (C=O) groups excluding carboxylic acids is 2. The summed E-state index contributed by atoms with van der Waals surface area (Å²) in [6.45, 7) is 2.20. The Morgan fingerprint density at radius 2 is 1.68 bits per heavy atom. The van der Waals surface area contributed by atoms with Gasteiger partial charge in [0.05, 0.1) is 20.3 Å². The molecule has 2 aromatic rings. The minimum absolute atomic E-state index is 0.0379. The summed E-state index contributed by atoms with van der Waals surface area (Å²) in [5.74, 6) is 0.813. The SMILES string of the molecule is COc1ccc(NC(=O)[C@@H](C2CCCC2)N2CCN(C(=O)c3cccc(F)c3)CC2)cc1OC. The first-order valence-corrected chi connectivity index (χ1v) is 11.8. The van der Waals surface area contributed by atoms with Crippen molar-refractivity contribution < 1.29 is 23.5 Å². The maximum absolute atomic E-state index is 13.6. The molecule has 182 valence electrons. The standard InChI is InChI=1S/C26H32FN3O4/c1-33-22-11-10-21(17-23(22)34-2)28-25(31)24(18-6-3-4-7-18)29-12-14-30(15-13-29)26(32)19-8-5-9-20(27)16-19/h5,8-11,16-18,24H,3-4,6-7,12-15H2,1-2H3,(H,28,31)/t24-/m1/s1. The normalized spacial score (nSPS) is 17.9. The molecule has 0 radical (unpaired) electrons. The Hall–Kier alpha value is -3.13. The third kappa shape index (κ3) is 5.33. The van der Waals surface area contributed by atoms with Crippen molar-refractivity contribution in [2.75, 3.05) is 45.7 Å². The maximum Gasteiger partial charge on any atom is 0.254 e. The van der Waals surface area contributed by atoms with Crippen LogP contribution in [0.3, 0.4) is 0 Å². The number of hydrogen-bond acceptors (Lipinski definition) is 5. The fourth-order valence-corrected chi connectivity index (χ4v) is 5.09. The number of carbonyl (C=O) groups is 2. The molecule has 1 aliphatic heterocycles. The Labute approximate surface area is 199 Å². The van der Waals surface area contributed by atoms with Gasteiger partial charge in [-0.15, -0.1) is 0 Å². The van der Waals surface area contributed by atoms with E-state index < -0.39 is 5.82 Å². The van der Waals surface area contributed by atoms with Crippen molar-refractivity contribution in [2.45, 2.75) is 31.7 Å². The second-order valence-electron chi connectivity index (χ2n) is 8.89. The van der Waals surface area contributed by atoms with Gasteiger partial charge in [-0.05, 0) is 49.1 Å². The van der Waals surface area contributed by atoms with Crippen LogP contribution in [0.15, 0.2) is 42.5 Å². The number of benzene rings is 2. The number of ether oxygens (including phenoxy) is 2. The molecule has 1 atom stereocenters. The van der Waals surface area contributed by atoms with Crippen molar-refractivity contribution in [3.05, 3.63) is 53.8 Å². The van der Waals surface area contributed by atoms with Crippen LogP contribution in [0.5, 0.6) is 11.5 Å². The van der Waals surface area contributed by atoms with Crippen LogP contribution in [0.4, 0.5) is 10.1 Å². The Balaban J connectivity index is 1.45. The van der Waals surface area contributed by atoms with Gasteiger partial charge in [0.25, 0.3) is 5.91 Å². The smallest absolute Gasteiger partial charge is 0.254 e. The zero-order valence-corrected chi connectivity index (χ0v) is 19.8. The molecule has 4 rings (SSSR count). The number of nitrogens with zero attached hydrogens (tertiary/aromatic N) is 2. The van der Waals surface area contributed by atoms with Crippen LogP contribution in [0, 0.1) is 11.7 Å². The van der Waals surface area contributed by atoms with E-state index in [9.17, 15) is 14.0 Å². The molecule has 34 heavy (non-hydrogen) atoms. The maximum atomic E-state index is 13.6. The average Bonchev–Trinajstić information content (AvgIpc) is 3.38. The third-order valence-electron chi connectivity index (χ3n) is 6.83. The van der Waals surface area contributed by atoms with Crippen molar-refractivity contribution >= 4 is 17.5 Å². The van der Waals surface area contributed by atoms with Crippen molar-refractivity contribution in [3.8, 4) is 11.5 Å². The first kappa shape index (κ1) is 24.0. The molecule has 2 fully saturated rings. The lowest BCUT2D eigenvalue weighted by Gasteiger charge is -2.40. The summed E-state index contributed by atoms with van der Waals surface area (Å²) in [6, 6.07) is 10.9. The molecule has 1 saturated carbocycles. The van der Waals surface area contributed by atoms with Crippen molar-refractivity contribution in [1.82, 2.24) is 9.80 Å². The van der Waals surface area contributed by atoms with Crippen LogP contribution < -0.4 is 14.8 Å². The molecule has 2 aromatic carbocycles. The fourth-order valence-electron chi connectivity index (χ4n) is 5.09. The fraction of sp³-hybridized carbons (Fsp3) is 0.462. The van der Waals surface area contributed by atoms with Gasteiger partial charge in [-0.3, -0.25) is 14.5 Å². The van der Waals surface area contributed by atoms with Crippen molar-refractivity contribution in [3.63, 3.8) is 0 Å². The molecule has 0 spiro atoms. The van der Waals surface area contributed by atoms with Gasteiger partial charge in [-0.2, -0.15) is 0 Å². The summed E-state index contributed by atoms with van der Waals surface area (Å²) in [7, 11) is 3.14. The van der Waals surface area contributed by atoms with Gasteiger partial charge in [-0.25, -0.2) is 4.39 Å². The summed E-state index contributed by atoms with van der Waals surface area (Å²) in [5, 5.41) is 3.07. The third-order valence-corrected chi connectivity index (χ3v) is 6.83. The summed E-state index contributed by atoms with van der Waals surface area (Å²) in [6.07, 6.45) is 4.30. The number of anilines is 1. The molecule has 0 unspecified atom stereocenters. The van der Waals surface area contributed by atoms with Gasteiger partial charge < -0.3 is 19.7 Å². The second kappa shape index (κ2) is 10.9. The van der Waals surface area contributed by atoms with Gasteiger partial charge in [0.15, 0.2) is 11.5 Å². The van der Waals surface area contributed by atoms with Gasteiger partial charge in [-0.1, -0.05) is 18.9 Å². The largest absolute Gasteiger partial charge is 0.493 e. The summed E-state index contributed by atoms with van der Waals surface area (Å²) < 4.78 is 24.2. The molecule has 2 amide bonds. The van der Waals surface area contributed by atoms with Crippen LogP contribution in [-0.2, 0) is 4.79 Å². The zero-order valence-electron chi connectivity index (χ0n) is 19.8. The topological polar surface area (TPSA) is 71.1 Å². The zero-order chi connectivity index (χ0) is 24.1. The van der Waals surface area contributed by atoms with E-state index in [1.165, 1.54) is 12.1 Å². The van der Waals surface area contributed by atoms with Crippen LogP contribution in [0.2, 0.25) is 0 Å². The summed E-state index contributed by atoms with van der Waals surface area (Å²) in [4.78, 5) is 30.2. The average molecular weight is 470 g/mol. The number of amides is 2. The minimum atomic E-state index is -0.419. The Morgan fingerprint density at radius 3 is 2.32 bits per heavy atom. The summed E-state index contributed by atoms with van der Waals surface area (Å²) in [5.41, 5.74) is 1.01. The van der Waals surface area contributed by atoms with E-state index in [2.05, 4.69) is 10.2 Å². The predicted octanol–water partition coefficient (Wildman–Crippen LogP) is 3.80.